The minimum absolute atomic E-state index is 0.300. The number of benzene rings is 1. The normalized spacial score (nSPS) is 11.0. The second-order valence-corrected chi connectivity index (χ2v) is 7.24. The van der Waals surface area contributed by atoms with Crippen molar-refractivity contribution in [3.05, 3.63) is 84.8 Å². The molecule has 1 aromatic carbocycles. The van der Waals surface area contributed by atoms with Crippen LogP contribution in [-0.4, -0.2) is 29.3 Å². The number of hydrogen-bond acceptors (Lipinski definition) is 2. The summed E-state index contributed by atoms with van der Waals surface area (Å²) >= 11 is 0.300. The van der Waals surface area contributed by atoms with Gasteiger partial charge in [0.1, 0.15) is 0 Å². The van der Waals surface area contributed by atoms with Crippen LogP contribution in [0.5, 0.6) is 0 Å². The number of imidazole rings is 1. The Hall–Kier alpha value is -2.42. The summed E-state index contributed by atoms with van der Waals surface area (Å²) in [4.78, 5) is 9.15. The zero-order valence-corrected chi connectivity index (χ0v) is 14.2. The van der Waals surface area contributed by atoms with Crippen LogP contribution in [0.25, 0.3) is 16.9 Å². The topological polar surface area (TPSA) is 30.2 Å². The van der Waals surface area contributed by atoms with Crippen LogP contribution in [0.1, 0.15) is 5.56 Å². The van der Waals surface area contributed by atoms with E-state index in [1.165, 1.54) is 15.7 Å². The van der Waals surface area contributed by atoms with E-state index in [4.69, 9.17) is 4.98 Å². The maximum absolute atomic E-state index is 4.93. The van der Waals surface area contributed by atoms with Gasteiger partial charge >= 0.3 is 141 Å². The monoisotopic (exact) mass is 365 g/mol. The van der Waals surface area contributed by atoms with E-state index in [0.717, 1.165) is 16.7 Å². The molecule has 3 aromatic heterocycles. The summed E-state index contributed by atoms with van der Waals surface area (Å²) in [6.07, 6.45) is 5.74. The summed E-state index contributed by atoms with van der Waals surface area (Å²) in [5, 5.41) is 1.06. The maximum atomic E-state index is 4.93. The molecule has 0 atom stereocenters. The van der Waals surface area contributed by atoms with Crippen LogP contribution in [0.2, 0.25) is 0 Å². The zero-order chi connectivity index (χ0) is 15.5. The van der Waals surface area contributed by atoms with Crippen molar-refractivity contribution < 1.29 is 0 Å². The van der Waals surface area contributed by atoms with Crippen molar-refractivity contribution in [2.24, 2.45) is 0 Å². The Labute approximate surface area is 141 Å². The molecule has 4 heteroatoms. The summed E-state index contributed by atoms with van der Waals surface area (Å²) in [5.74, 6) is 0.971. The Morgan fingerprint density at radius 3 is 2.61 bits per heavy atom. The van der Waals surface area contributed by atoms with E-state index in [-0.39, 0.29) is 0 Å². The molecule has 23 heavy (non-hydrogen) atoms. The van der Waals surface area contributed by atoms with Gasteiger partial charge in [-0.15, -0.1) is 0 Å². The van der Waals surface area contributed by atoms with Gasteiger partial charge in [0.25, 0.3) is 0 Å². The zero-order valence-electron chi connectivity index (χ0n) is 12.5. The Balaban J connectivity index is 1.73. The first kappa shape index (κ1) is 14.2. The third-order valence-corrected chi connectivity index (χ3v) is 5.86. The summed E-state index contributed by atoms with van der Waals surface area (Å²) in [5.41, 5.74) is 3.62. The van der Waals surface area contributed by atoms with Crippen molar-refractivity contribution in [3.8, 4) is 11.4 Å². The third kappa shape index (κ3) is 2.91. The molecule has 0 radical (unpaired) electrons. The molecular formula is C19H15N3Se. The molecular weight excluding hydrogens is 349 g/mol. The van der Waals surface area contributed by atoms with Crippen LogP contribution in [0.15, 0.2) is 79.3 Å². The Kier molecular flexibility index (Phi) is 3.93. The van der Waals surface area contributed by atoms with Crippen molar-refractivity contribution in [1.82, 2.24) is 14.4 Å². The second kappa shape index (κ2) is 6.37. The third-order valence-electron chi connectivity index (χ3n) is 3.65. The molecule has 0 unspecified atom stereocenters. The molecule has 3 heterocycles. The standard InChI is InChI=1S/C19H15N3Se/c1-2-7-15(8-3-1)14-23-19-17-10-4-5-12-22(17)18(21-19)16-9-6-11-20-13-16/h1-13H,14H2. The Bertz CT molecular complexity index is 917. The van der Waals surface area contributed by atoms with E-state index in [2.05, 4.69) is 64.1 Å². The van der Waals surface area contributed by atoms with Gasteiger partial charge in [0.05, 0.1) is 0 Å². The quantitative estimate of drug-likeness (QED) is 0.521. The first-order valence-electron chi connectivity index (χ1n) is 7.46. The molecule has 0 amide bonds. The number of hydrogen-bond donors (Lipinski definition) is 0. The Morgan fingerprint density at radius 2 is 1.78 bits per heavy atom. The van der Waals surface area contributed by atoms with E-state index in [9.17, 15) is 0 Å². The van der Waals surface area contributed by atoms with Crippen LogP contribution >= 0.6 is 0 Å². The SMILES string of the molecule is c1ccc(C[Se]c2nc(-c3cccnc3)n3ccccc23)cc1. The van der Waals surface area contributed by atoms with Crippen molar-refractivity contribution in [1.29, 1.82) is 0 Å². The van der Waals surface area contributed by atoms with E-state index in [1.807, 2.05) is 18.3 Å². The van der Waals surface area contributed by atoms with Gasteiger partial charge in [-0.3, -0.25) is 0 Å². The van der Waals surface area contributed by atoms with Crippen LogP contribution < -0.4 is 4.59 Å². The molecule has 0 spiro atoms. The first-order chi connectivity index (χ1) is 11.4. The number of nitrogens with zero attached hydrogens (tertiary/aromatic N) is 3. The fourth-order valence-electron chi connectivity index (χ4n) is 2.54. The van der Waals surface area contributed by atoms with E-state index in [0.29, 0.717) is 15.0 Å². The number of fused-ring (bicyclic) bond motifs is 1. The van der Waals surface area contributed by atoms with Gasteiger partial charge in [0, 0.05) is 0 Å². The summed E-state index contributed by atoms with van der Waals surface area (Å²) in [6.45, 7) is 0. The fraction of sp³-hybridized carbons (Fsp3) is 0.0526. The average molecular weight is 364 g/mol. The molecule has 0 bridgehead atoms. The van der Waals surface area contributed by atoms with E-state index < -0.39 is 0 Å². The van der Waals surface area contributed by atoms with Crippen molar-refractivity contribution in [2.45, 2.75) is 5.32 Å². The molecule has 3 nitrogen and oxygen atoms in total. The predicted octanol–water partition coefficient (Wildman–Crippen LogP) is 2.93. The number of aromatic nitrogens is 3. The van der Waals surface area contributed by atoms with Gasteiger partial charge in [-0.2, -0.15) is 0 Å². The molecule has 4 aromatic rings. The molecule has 0 saturated carbocycles. The van der Waals surface area contributed by atoms with Crippen LogP contribution in [-0.2, 0) is 5.32 Å². The fourth-order valence-corrected chi connectivity index (χ4v) is 4.56. The predicted molar refractivity (Wildman–Crippen MR) is 94.0 cm³/mol. The van der Waals surface area contributed by atoms with Crippen LogP contribution in [0.4, 0.5) is 0 Å². The van der Waals surface area contributed by atoms with Gasteiger partial charge in [-0.05, 0) is 0 Å². The Morgan fingerprint density at radius 1 is 0.913 bits per heavy atom. The van der Waals surface area contributed by atoms with Gasteiger partial charge in [0.15, 0.2) is 0 Å². The van der Waals surface area contributed by atoms with Gasteiger partial charge in [-0.25, -0.2) is 0 Å². The number of rotatable bonds is 4. The van der Waals surface area contributed by atoms with Crippen molar-refractivity contribution in [3.63, 3.8) is 0 Å². The van der Waals surface area contributed by atoms with Gasteiger partial charge in [0.2, 0.25) is 0 Å². The van der Waals surface area contributed by atoms with Crippen LogP contribution in [0.3, 0.4) is 0 Å². The molecule has 0 aliphatic heterocycles. The van der Waals surface area contributed by atoms with Crippen molar-refractivity contribution >= 4 is 25.1 Å². The van der Waals surface area contributed by atoms with Crippen LogP contribution in [0, 0.1) is 0 Å². The van der Waals surface area contributed by atoms with Crippen molar-refractivity contribution in [2.75, 3.05) is 0 Å². The second-order valence-electron chi connectivity index (χ2n) is 5.21. The molecule has 0 aliphatic rings. The molecule has 112 valence electrons. The van der Waals surface area contributed by atoms with Gasteiger partial charge in [-0.1, -0.05) is 0 Å². The molecule has 0 N–H and O–H groups in total. The summed E-state index contributed by atoms with van der Waals surface area (Å²) in [7, 11) is 0. The molecule has 0 fully saturated rings. The molecule has 4 rings (SSSR count). The molecule has 0 aliphatic carbocycles. The minimum atomic E-state index is 0.300. The summed E-state index contributed by atoms with van der Waals surface area (Å²) in [6, 6.07) is 20.9. The number of pyridine rings is 2. The first-order valence-corrected chi connectivity index (χ1v) is 9.53. The molecule has 0 saturated heterocycles. The summed E-state index contributed by atoms with van der Waals surface area (Å²) < 4.78 is 3.36. The van der Waals surface area contributed by atoms with E-state index in [1.54, 1.807) is 6.20 Å². The average Bonchev–Trinajstić information content (AvgIpc) is 3.01. The van der Waals surface area contributed by atoms with Gasteiger partial charge < -0.3 is 0 Å². The van der Waals surface area contributed by atoms with E-state index >= 15 is 0 Å².